The Morgan fingerprint density at radius 2 is 1.90 bits per heavy atom. The summed E-state index contributed by atoms with van der Waals surface area (Å²) in [7, 11) is 1.86. The lowest BCUT2D eigenvalue weighted by Gasteiger charge is -2.21. The van der Waals surface area contributed by atoms with E-state index in [4.69, 9.17) is 10.5 Å². The third-order valence-corrected chi connectivity index (χ3v) is 2.87. The van der Waals surface area contributed by atoms with Crippen LogP contribution in [0.15, 0.2) is 30.6 Å². The fraction of sp³-hybridized carbons (Fsp3) is 0.333. The lowest BCUT2D eigenvalue weighted by Crippen LogP contribution is -2.20. The van der Waals surface area contributed by atoms with E-state index < -0.39 is 0 Å². The molecule has 0 atom stereocenters. The van der Waals surface area contributed by atoms with E-state index in [1.807, 2.05) is 25.8 Å². The van der Waals surface area contributed by atoms with E-state index in [2.05, 4.69) is 9.97 Å². The van der Waals surface area contributed by atoms with Crippen molar-refractivity contribution in [1.82, 2.24) is 9.97 Å². The highest BCUT2D eigenvalue weighted by Gasteiger charge is 2.14. The van der Waals surface area contributed by atoms with Crippen LogP contribution in [0.5, 0.6) is 5.88 Å². The number of ether oxygens (including phenoxy) is 1. The van der Waals surface area contributed by atoms with E-state index in [0.29, 0.717) is 23.9 Å². The van der Waals surface area contributed by atoms with Crippen molar-refractivity contribution in [3.63, 3.8) is 0 Å². The second-order valence-corrected chi connectivity index (χ2v) is 5.07. The number of nitrogens with two attached hydrogens (primary N) is 1. The third kappa shape index (κ3) is 3.81. The molecule has 0 unspecified atom stereocenters. The third-order valence-electron chi connectivity index (χ3n) is 2.87. The summed E-state index contributed by atoms with van der Waals surface area (Å²) < 4.78 is 18.5. The molecule has 0 aliphatic rings. The standard InChI is InChI=1S/C15H19FN4O/c1-10(2)21-15-13(17)14(18-9-19-15)20(3)8-11-4-6-12(16)7-5-11/h4-7,9-10H,8,17H2,1-3H3. The van der Waals surface area contributed by atoms with Gasteiger partial charge in [-0.3, -0.25) is 0 Å². The Morgan fingerprint density at radius 3 is 2.52 bits per heavy atom. The number of halogens is 1. The van der Waals surface area contributed by atoms with Crippen LogP contribution < -0.4 is 15.4 Å². The second-order valence-electron chi connectivity index (χ2n) is 5.07. The summed E-state index contributed by atoms with van der Waals surface area (Å²) in [5.74, 6) is 0.710. The monoisotopic (exact) mass is 290 g/mol. The van der Waals surface area contributed by atoms with Crippen molar-refractivity contribution in [2.45, 2.75) is 26.5 Å². The molecular weight excluding hydrogens is 271 g/mol. The maximum atomic E-state index is 12.9. The summed E-state index contributed by atoms with van der Waals surface area (Å²) in [5, 5.41) is 0. The minimum atomic E-state index is -0.254. The van der Waals surface area contributed by atoms with Gasteiger partial charge in [0.15, 0.2) is 5.82 Å². The van der Waals surface area contributed by atoms with Gasteiger partial charge in [-0.1, -0.05) is 12.1 Å². The molecular formula is C15H19FN4O. The first-order valence-electron chi connectivity index (χ1n) is 6.70. The molecule has 2 aromatic rings. The van der Waals surface area contributed by atoms with Crippen LogP contribution in [-0.2, 0) is 6.54 Å². The molecule has 0 aliphatic carbocycles. The zero-order valence-electron chi connectivity index (χ0n) is 12.4. The molecule has 0 saturated heterocycles. The number of anilines is 2. The minimum absolute atomic E-state index is 0.0162. The van der Waals surface area contributed by atoms with Crippen LogP contribution in [0.4, 0.5) is 15.9 Å². The van der Waals surface area contributed by atoms with Crippen molar-refractivity contribution in [2.24, 2.45) is 0 Å². The van der Waals surface area contributed by atoms with E-state index >= 15 is 0 Å². The van der Waals surface area contributed by atoms with Gasteiger partial charge in [0.1, 0.15) is 17.8 Å². The predicted octanol–water partition coefficient (Wildman–Crippen LogP) is 2.62. The summed E-state index contributed by atoms with van der Waals surface area (Å²) in [6.07, 6.45) is 1.40. The topological polar surface area (TPSA) is 64.3 Å². The van der Waals surface area contributed by atoms with Gasteiger partial charge in [0, 0.05) is 13.6 Å². The zero-order valence-corrected chi connectivity index (χ0v) is 12.4. The largest absolute Gasteiger partial charge is 0.473 e. The SMILES string of the molecule is CC(C)Oc1ncnc(N(C)Cc2ccc(F)cc2)c1N. The lowest BCUT2D eigenvalue weighted by atomic mass is 10.2. The molecule has 2 N–H and O–H groups in total. The second kappa shape index (κ2) is 6.39. The Bertz CT molecular complexity index is 601. The van der Waals surface area contributed by atoms with E-state index in [1.54, 1.807) is 12.1 Å². The van der Waals surface area contributed by atoms with E-state index in [-0.39, 0.29) is 11.9 Å². The fourth-order valence-corrected chi connectivity index (χ4v) is 1.93. The van der Waals surface area contributed by atoms with Crippen LogP contribution in [0.3, 0.4) is 0 Å². The molecule has 6 heteroatoms. The van der Waals surface area contributed by atoms with E-state index in [0.717, 1.165) is 5.56 Å². The number of rotatable bonds is 5. The van der Waals surface area contributed by atoms with Crippen molar-refractivity contribution < 1.29 is 9.13 Å². The highest BCUT2D eigenvalue weighted by atomic mass is 19.1. The predicted molar refractivity (Wildman–Crippen MR) is 80.7 cm³/mol. The van der Waals surface area contributed by atoms with Crippen molar-refractivity contribution >= 4 is 11.5 Å². The minimum Gasteiger partial charge on any atom is -0.473 e. The average molecular weight is 290 g/mol. The molecule has 0 bridgehead atoms. The zero-order chi connectivity index (χ0) is 15.4. The molecule has 0 spiro atoms. The van der Waals surface area contributed by atoms with Gasteiger partial charge in [-0.25, -0.2) is 9.37 Å². The highest BCUT2D eigenvalue weighted by molar-refractivity contribution is 5.67. The molecule has 1 aromatic heterocycles. The Morgan fingerprint density at radius 1 is 1.24 bits per heavy atom. The molecule has 0 fully saturated rings. The Hall–Kier alpha value is -2.37. The molecule has 5 nitrogen and oxygen atoms in total. The Labute approximate surface area is 123 Å². The summed E-state index contributed by atoms with van der Waals surface area (Å²) in [6.45, 7) is 4.37. The summed E-state index contributed by atoms with van der Waals surface area (Å²) in [5.41, 5.74) is 7.42. The normalized spacial score (nSPS) is 10.7. The molecule has 1 heterocycles. The Balaban J connectivity index is 2.18. The number of aromatic nitrogens is 2. The fourth-order valence-electron chi connectivity index (χ4n) is 1.93. The van der Waals surface area contributed by atoms with Crippen molar-refractivity contribution in [3.05, 3.63) is 42.0 Å². The molecule has 21 heavy (non-hydrogen) atoms. The van der Waals surface area contributed by atoms with Crippen LogP contribution in [0.25, 0.3) is 0 Å². The molecule has 0 radical (unpaired) electrons. The first kappa shape index (κ1) is 15.0. The molecule has 112 valence electrons. The van der Waals surface area contributed by atoms with Crippen molar-refractivity contribution in [3.8, 4) is 5.88 Å². The van der Waals surface area contributed by atoms with Gasteiger partial charge in [-0.2, -0.15) is 4.98 Å². The number of nitrogens with zero attached hydrogens (tertiary/aromatic N) is 3. The molecule has 0 aliphatic heterocycles. The first-order valence-corrected chi connectivity index (χ1v) is 6.70. The van der Waals surface area contributed by atoms with Crippen LogP contribution in [-0.4, -0.2) is 23.1 Å². The summed E-state index contributed by atoms with van der Waals surface area (Å²) in [4.78, 5) is 10.1. The lowest BCUT2D eigenvalue weighted by molar-refractivity contribution is 0.234. The smallest absolute Gasteiger partial charge is 0.242 e. The average Bonchev–Trinajstić information content (AvgIpc) is 2.43. The number of benzene rings is 1. The van der Waals surface area contributed by atoms with Gasteiger partial charge in [-0.05, 0) is 31.5 Å². The first-order chi connectivity index (χ1) is 9.97. The van der Waals surface area contributed by atoms with Gasteiger partial charge in [0.05, 0.1) is 6.10 Å². The quantitative estimate of drug-likeness (QED) is 0.917. The Kier molecular flexibility index (Phi) is 4.57. The van der Waals surface area contributed by atoms with Crippen LogP contribution in [0.1, 0.15) is 19.4 Å². The number of nitrogen functional groups attached to an aromatic ring is 1. The van der Waals surface area contributed by atoms with Gasteiger partial charge >= 0.3 is 0 Å². The van der Waals surface area contributed by atoms with Crippen molar-refractivity contribution in [1.29, 1.82) is 0 Å². The molecule has 2 rings (SSSR count). The van der Waals surface area contributed by atoms with Gasteiger partial charge in [-0.15, -0.1) is 0 Å². The number of hydrogen-bond acceptors (Lipinski definition) is 5. The van der Waals surface area contributed by atoms with E-state index in [1.165, 1.54) is 18.5 Å². The molecule has 1 aromatic carbocycles. The summed E-state index contributed by atoms with van der Waals surface area (Å²) >= 11 is 0. The van der Waals surface area contributed by atoms with Crippen LogP contribution in [0, 0.1) is 5.82 Å². The van der Waals surface area contributed by atoms with Gasteiger partial charge < -0.3 is 15.4 Å². The molecule has 0 saturated carbocycles. The summed E-state index contributed by atoms with van der Waals surface area (Å²) in [6, 6.07) is 6.32. The number of hydrogen-bond donors (Lipinski definition) is 1. The molecule has 0 amide bonds. The highest BCUT2D eigenvalue weighted by Crippen LogP contribution is 2.28. The van der Waals surface area contributed by atoms with Gasteiger partial charge in [0.2, 0.25) is 5.88 Å². The van der Waals surface area contributed by atoms with E-state index in [9.17, 15) is 4.39 Å². The van der Waals surface area contributed by atoms with Crippen molar-refractivity contribution in [2.75, 3.05) is 17.7 Å². The maximum absolute atomic E-state index is 12.9. The van der Waals surface area contributed by atoms with Crippen LogP contribution in [0.2, 0.25) is 0 Å². The maximum Gasteiger partial charge on any atom is 0.242 e. The van der Waals surface area contributed by atoms with Crippen LogP contribution >= 0.6 is 0 Å². The van der Waals surface area contributed by atoms with Gasteiger partial charge in [0.25, 0.3) is 0 Å².